The summed E-state index contributed by atoms with van der Waals surface area (Å²) in [6.07, 6.45) is 2.81. The summed E-state index contributed by atoms with van der Waals surface area (Å²) in [5.41, 5.74) is 3.43. The lowest BCUT2D eigenvalue weighted by atomic mass is 10.1. The Morgan fingerprint density at radius 2 is 1.81 bits per heavy atom. The van der Waals surface area contributed by atoms with Gasteiger partial charge in [-0.3, -0.25) is 4.79 Å². The van der Waals surface area contributed by atoms with Crippen molar-refractivity contribution in [3.63, 3.8) is 0 Å². The van der Waals surface area contributed by atoms with Crippen LogP contribution in [0.2, 0.25) is 0 Å². The Balaban J connectivity index is 1.49. The molecule has 0 aliphatic rings. The van der Waals surface area contributed by atoms with Crippen LogP contribution < -0.4 is 5.32 Å². The highest BCUT2D eigenvalue weighted by atomic mass is 16.2. The Morgan fingerprint density at radius 1 is 1.07 bits per heavy atom. The zero-order chi connectivity index (χ0) is 19.1. The molecule has 27 heavy (non-hydrogen) atoms. The zero-order valence-electron chi connectivity index (χ0n) is 15.8. The first-order chi connectivity index (χ1) is 13.1. The summed E-state index contributed by atoms with van der Waals surface area (Å²) in [6.45, 7) is 4.19. The van der Waals surface area contributed by atoms with Crippen LogP contribution in [0.25, 0.3) is 11.4 Å². The van der Waals surface area contributed by atoms with Crippen LogP contribution >= 0.6 is 0 Å². The van der Waals surface area contributed by atoms with Gasteiger partial charge in [0.2, 0.25) is 11.7 Å². The van der Waals surface area contributed by atoms with Crippen LogP contribution in [-0.4, -0.2) is 32.2 Å². The molecule has 2 aromatic carbocycles. The van der Waals surface area contributed by atoms with Crippen LogP contribution in [0.15, 0.2) is 54.6 Å². The van der Waals surface area contributed by atoms with E-state index < -0.39 is 0 Å². The van der Waals surface area contributed by atoms with Gasteiger partial charge in [0.15, 0.2) is 0 Å². The molecule has 0 saturated heterocycles. The number of aromatic nitrogens is 4. The van der Waals surface area contributed by atoms with Crippen LogP contribution in [0, 0.1) is 0 Å². The molecule has 1 N–H and O–H groups in total. The first-order valence-corrected chi connectivity index (χ1v) is 9.34. The second-order valence-corrected chi connectivity index (χ2v) is 6.69. The number of rotatable bonds is 8. The number of hydrogen-bond acceptors (Lipinski definition) is 4. The highest BCUT2D eigenvalue weighted by Crippen LogP contribution is 2.14. The van der Waals surface area contributed by atoms with Gasteiger partial charge >= 0.3 is 0 Å². The third-order valence-electron chi connectivity index (χ3n) is 4.47. The van der Waals surface area contributed by atoms with Crippen molar-refractivity contribution in [2.24, 2.45) is 0 Å². The third-order valence-corrected chi connectivity index (χ3v) is 4.47. The summed E-state index contributed by atoms with van der Waals surface area (Å²) in [6, 6.07) is 18.4. The molecule has 6 nitrogen and oxygen atoms in total. The minimum absolute atomic E-state index is 0.0652. The first-order valence-electron chi connectivity index (χ1n) is 9.34. The van der Waals surface area contributed by atoms with E-state index >= 15 is 0 Å². The van der Waals surface area contributed by atoms with Gasteiger partial charge in [-0.15, -0.1) is 10.2 Å². The fourth-order valence-corrected chi connectivity index (χ4v) is 2.86. The van der Waals surface area contributed by atoms with Crippen molar-refractivity contribution in [3.8, 4) is 11.4 Å². The van der Waals surface area contributed by atoms with Gasteiger partial charge in [0.25, 0.3) is 0 Å². The average molecular weight is 363 g/mol. The van der Waals surface area contributed by atoms with Crippen molar-refractivity contribution in [2.75, 3.05) is 0 Å². The van der Waals surface area contributed by atoms with Crippen molar-refractivity contribution < 1.29 is 4.79 Å². The van der Waals surface area contributed by atoms with Gasteiger partial charge < -0.3 is 5.32 Å². The standard InChI is InChI=1S/C21H25N5O/c1-3-17-11-13-19(14-12-17)21-23-25-26(24-21)15-20(27)22-16(2)9-10-18-7-5-4-6-8-18/h4-8,11-14,16H,3,9-10,15H2,1-2H3,(H,22,27)/t16-/m1/s1. The second kappa shape index (κ2) is 9.07. The van der Waals surface area contributed by atoms with Crippen LogP contribution in [0.1, 0.15) is 31.4 Å². The van der Waals surface area contributed by atoms with Gasteiger partial charge in [0.05, 0.1) is 0 Å². The normalized spacial score (nSPS) is 11.9. The van der Waals surface area contributed by atoms with Gasteiger partial charge in [-0.25, -0.2) is 0 Å². The molecule has 6 heteroatoms. The van der Waals surface area contributed by atoms with Gasteiger partial charge in [0, 0.05) is 11.6 Å². The lowest BCUT2D eigenvalue weighted by Gasteiger charge is -2.13. The molecule has 0 unspecified atom stereocenters. The Morgan fingerprint density at radius 3 is 2.52 bits per heavy atom. The van der Waals surface area contributed by atoms with E-state index in [1.54, 1.807) is 0 Å². The zero-order valence-corrected chi connectivity index (χ0v) is 15.8. The van der Waals surface area contributed by atoms with Gasteiger partial charge in [-0.1, -0.05) is 61.5 Å². The summed E-state index contributed by atoms with van der Waals surface area (Å²) in [7, 11) is 0. The molecule has 0 aliphatic heterocycles. The number of hydrogen-bond donors (Lipinski definition) is 1. The molecule has 3 rings (SSSR count). The summed E-state index contributed by atoms with van der Waals surface area (Å²) in [5.74, 6) is 0.420. The summed E-state index contributed by atoms with van der Waals surface area (Å²) in [4.78, 5) is 13.6. The van der Waals surface area contributed by atoms with E-state index in [2.05, 4.69) is 51.9 Å². The Hall–Kier alpha value is -3.02. The highest BCUT2D eigenvalue weighted by Gasteiger charge is 2.12. The predicted molar refractivity (Wildman–Crippen MR) is 105 cm³/mol. The second-order valence-electron chi connectivity index (χ2n) is 6.69. The summed E-state index contributed by atoms with van der Waals surface area (Å²) >= 11 is 0. The molecule has 3 aromatic rings. The lowest BCUT2D eigenvalue weighted by Crippen LogP contribution is -2.35. The topological polar surface area (TPSA) is 72.7 Å². The van der Waals surface area contributed by atoms with Gasteiger partial charge in [0.1, 0.15) is 6.54 Å². The molecular formula is C21H25N5O. The summed E-state index contributed by atoms with van der Waals surface area (Å²) < 4.78 is 0. The van der Waals surface area contributed by atoms with Crippen LogP contribution in [0.3, 0.4) is 0 Å². The van der Waals surface area contributed by atoms with E-state index in [0.29, 0.717) is 5.82 Å². The fourth-order valence-electron chi connectivity index (χ4n) is 2.86. The number of nitrogens with zero attached hydrogens (tertiary/aromatic N) is 4. The molecule has 0 radical (unpaired) electrons. The fraction of sp³-hybridized carbons (Fsp3) is 0.333. The highest BCUT2D eigenvalue weighted by molar-refractivity contribution is 5.75. The average Bonchev–Trinajstić information content (AvgIpc) is 3.15. The molecule has 0 fully saturated rings. The molecular weight excluding hydrogens is 338 g/mol. The third kappa shape index (κ3) is 5.48. The number of tetrazole rings is 1. The number of benzene rings is 2. The first kappa shape index (κ1) is 18.8. The largest absolute Gasteiger partial charge is 0.352 e. The predicted octanol–water partition coefficient (Wildman–Crippen LogP) is 3.04. The van der Waals surface area contributed by atoms with E-state index in [9.17, 15) is 4.79 Å². The van der Waals surface area contributed by atoms with Crippen molar-refractivity contribution in [1.29, 1.82) is 0 Å². The SMILES string of the molecule is CCc1ccc(-c2nnn(CC(=O)N[C@H](C)CCc3ccccc3)n2)cc1. The van der Waals surface area contributed by atoms with Crippen LogP contribution in [-0.2, 0) is 24.2 Å². The minimum atomic E-state index is -0.110. The number of carbonyl (C=O) groups excluding carboxylic acids is 1. The molecule has 140 valence electrons. The van der Waals surface area contributed by atoms with E-state index in [0.717, 1.165) is 24.8 Å². The van der Waals surface area contributed by atoms with Crippen molar-refractivity contribution in [2.45, 2.75) is 45.7 Å². The van der Waals surface area contributed by atoms with Crippen LogP contribution in [0.5, 0.6) is 0 Å². The maximum Gasteiger partial charge on any atom is 0.243 e. The number of amides is 1. The Labute approximate surface area is 159 Å². The number of nitrogens with one attached hydrogen (secondary N) is 1. The van der Waals surface area contributed by atoms with Crippen molar-refractivity contribution in [3.05, 3.63) is 65.7 Å². The van der Waals surface area contributed by atoms with E-state index in [1.807, 2.05) is 37.3 Å². The molecule has 0 saturated carbocycles. The molecule has 1 amide bonds. The van der Waals surface area contributed by atoms with E-state index in [1.165, 1.54) is 15.9 Å². The Bertz CT molecular complexity index is 858. The Kier molecular flexibility index (Phi) is 6.30. The van der Waals surface area contributed by atoms with E-state index in [-0.39, 0.29) is 18.5 Å². The van der Waals surface area contributed by atoms with Crippen molar-refractivity contribution >= 4 is 5.91 Å². The molecule has 0 spiro atoms. The van der Waals surface area contributed by atoms with Gasteiger partial charge in [-0.2, -0.15) is 4.80 Å². The monoisotopic (exact) mass is 363 g/mol. The van der Waals surface area contributed by atoms with Gasteiger partial charge in [-0.05, 0) is 42.5 Å². The molecule has 1 aromatic heterocycles. The maximum absolute atomic E-state index is 12.2. The molecule has 0 aliphatic carbocycles. The molecule has 1 heterocycles. The molecule has 1 atom stereocenters. The smallest absolute Gasteiger partial charge is 0.243 e. The summed E-state index contributed by atoms with van der Waals surface area (Å²) in [5, 5.41) is 15.3. The molecule has 0 bridgehead atoms. The number of aryl methyl sites for hydroxylation is 2. The minimum Gasteiger partial charge on any atom is -0.352 e. The van der Waals surface area contributed by atoms with E-state index in [4.69, 9.17) is 0 Å². The van der Waals surface area contributed by atoms with Crippen LogP contribution in [0.4, 0.5) is 0 Å². The maximum atomic E-state index is 12.2. The van der Waals surface area contributed by atoms with Crippen molar-refractivity contribution in [1.82, 2.24) is 25.5 Å². The number of carbonyl (C=O) groups is 1. The quantitative estimate of drug-likeness (QED) is 0.668. The lowest BCUT2D eigenvalue weighted by molar-refractivity contribution is -0.122.